The maximum Gasteiger partial charge on any atom is 0.507 e. The number of methoxy groups -OCH3 is 2. The fourth-order valence-electron chi connectivity index (χ4n) is 2.05. The van der Waals surface area contributed by atoms with Gasteiger partial charge in [0.05, 0.1) is 14.2 Å². The molecule has 1 aliphatic carbocycles. The minimum absolute atomic E-state index is 0.657. The second kappa shape index (κ2) is 5.99. The quantitative estimate of drug-likeness (QED) is 0.663. The maximum absolute atomic E-state index is 9.74. The van der Waals surface area contributed by atoms with Crippen molar-refractivity contribution in [3.63, 3.8) is 0 Å². The third-order valence-corrected chi connectivity index (χ3v) is 3.46. The Bertz CT molecular complexity index is 177. The van der Waals surface area contributed by atoms with E-state index < -0.39 is 6.16 Å². The van der Waals surface area contributed by atoms with Crippen molar-refractivity contribution in [1.82, 2.24) is 0 Å². The largest absolute Gasteiger partial charge is 0.507 e. The van der Waals surface area contributed by atoms with Crippen LogP contribution >= 0.6 is 0 Å². The average molecular weight is 216 g/mol. The molecular weight excluding hydrogens is 192 g/mol. The molecule has 0 heterocycles. The lowest BCUT2D eigenvalue weighted by atomic mass is 9.82. The van der Waals surface area contributed by atoms with E-state index in [-0.39, 0.29) is 0 Å². The van der Waals surface area contributed by atoms with Crippen molar-refractivity contribution >= 4 is 6.16 Å². The molecule has 0 aromatic heterocycles. The lowest BCUT2D eigenvalue weighted by Crippen LogP contribution is -2.16. The molecule has 3 nitrogen and oxygen atoms in total. The first kappa shape index (κ1) is 14.3. The first-order chi connectivity index (χ1) is 6.90. The molecule has 1 rings (SSSR count). The molecule has 0 N–H and O–H groups in total. The predicted molar refractivity (Wildman–Crippen MR) is 60.8 cm³/mol. The molecule has 0 saturated heterocycles. The molecule has 0 spiro atoms. The van der Waals surface area contributed by atoms with Crippen molar-refractivity contribution in [2.24, 2.45) is 17.3 Å². The number of hydrogen-bond acceptors (Lipinski definition) is 3. The number of rotatable bonds is 2. The molecule has 15 heavy (non-hydrogen) atoms. The second-order valence-electron chi connectivity index (χ2n) is 4.70. The van der Waals surface area contributed by atoms with Crippen LogP contribution in [0.15, 0.2) is 0 Å². The Labute approximate surface area is 93.1 Å². The first-order valence-electron chi connectivity index (χ1n) is 5.52. The molecule has 1 fully saturated rings. The molecule has 0 radical (unpaired) electrons. The van der Waals surface area contributed by atoms with Crippen LogP contribution in [0.1, 0.15) is 40.5 Å². The van der Waals surface area contributed by atoms with Gasteiger partial charge in [-0.1, -0.05) is 27.7 Å². The zero-order chi connectivity index (χ0) is 12.1. The number of hydrogen-bond donors (Lipinski definition) is 0. The van der Waals surface area contributed by atoms with Gasteiger partial charge in [-0.05, 0) is 30.1 Å². The van der Waals surface area contributed by atoms with Crippen molar-refractivity contribution in [2.45, 2.75) is 40.5 Å². The van der Waals surface area contributed by atoms with E-state index in [0.29, 0.717) is 0 Å². The number of carbonyl (C=O) groups is 1. The van der Waals surface area contributed by atoms with Crippen LogP contribution in [0.4, 0.5) is 4.79 Å². The van der Waals surface area contributed by atoms with Gasteiger partial charge in [-0.3, -0.25) is 0 Å². The molecule has 1 saturated carbocycles. The van der Waals surface area contributed by atoms with Crippen LogP contribution in [0.3, 0.4) is 0 Å². The summed E-state index contributed by atoms with van der Waals surface area (Å²) in [6, 6.07) is 0. The van der Waals surface area contributed by atoms with Crippen molar-refractivity contribution in [2.75, 3.05) is 14.2 Å². The summed E-state index contributed by atoms with van der Waals surface area (Å²) < 4.78 is 8.08. The minimum atomic E-state index is -0.657. The summed E-state index contributed by atoms with van der Waals surface area (Å²) in [6.07, 6.45) is 2.29. The van der Waals surface area contributed by atoms with Gasteiger partial charge in [0.25, 0.3) is 0 Å². The van der Waals surface area contributed by atoms with Gasteiger partial charge < -0.3 is 9.47 Å². The van der Waals surface area contributed by atoms with Crippen LogP contribution in [-0.2, 0) is 9.47 Å². The van der Waals surface area contributed by atoms with Crippen molar-refractivity contribution in [1.29, 1.82) is 0 Å². The van der Waals surface area contributed by atoms with E-state index >= 15 is 0 Å². The van der Waals surface area contributed by atoms with Crippen LogP contribution in [0.2, 0.25) is 0 Å². The summed E-state index contributed by atoms with van der Waals surface area (Å²) in [6.45, 7) is 9.42. The maximum atomic E-state index is 9.74. The van der Waals surface area contributed by atoms with Gasteiger partial charge in [-0.2, -0.15) is 0 Å². The summed E-state index contributed by atoms with van der Waals surface area (Å²) in [5, 5.41) is 0. The molecule has 90 valence electrons. The van der Waals surface area contributed by atoms with Crippen LogP contribution in [0.5, 0.6) is 0 Å². The van der Waals surface area contributed by atoms with Gasteiger partial charge in [0.15, 0.2) is 0 Å². The Morgan fingerprint density at radius 2 is 1.33 bits per heavy atom. The third-order valence-electron chi connectivity index (χ3n) is 3.46. The zero-order valence-electron chi connectivity index (χ0n) is 10.8. The van der Waals surface area contributed by atoms with E-state index in [4.69, 9.17) is 0 Å². The third kappa shape index (κ3) is 4.10. The fraction of sp³-hybridized carbons (Fsp3) is 0.917. The topological polar surface area (TPSA) is 35.5 Å². The normalized spacial score (nSPS) is 16.8. The Morgan fingerprint density at radius 3 is 1.33 bits per heavy atom. The van der Waals surface area contributed by atoms with E-state index in [1.165, 1.54) is 27.1 Å². The lowest BCUT2D eigenvalue weighted by Gasteiger charge is -2.23. The predicted octanol–water partition coefficient (Wildman–Crippen LogP) is 3.48. The lowest BCUT2D eigenvalue weighted by molar-refractivity contribution is 0.0924. The highest BCUT2D eigenvalue weighted by Crippen LogP contribution is 2.57. The van der Waals surface area contributed by atoms with E-state index in [1.807, 2.05) is 0 Å². The molecule has 0 bridgehead atoms. The molecule has 0 amide bonds. The van der Waals surface area contributed by atoms with E-state index in [1.54, 1.807) is 0 Å². The molecule has 0 atom stereocenters. The monoisotopic (exact) mass is 216 g/mol. The summed E-state index contributed by atoms with van der Waals surface area (Å²) in [5.74, 6) is 1.80. The van der Waals surface area contributed by atoms with Crippen molar-refractivity contribution < 1.29 is 14.3 Å². The van der Waals surface area contributed by atoms with Gasteiger partial charge in [0.1, 0.15) is 0 Å². The Kier molecular flexibility index (Phi) is 5.69. The molecule has 0 aromatic carbocycles. The molecule has 3 heteroatoms. The molecular formula is C12H24O3. The Hall–Kier alpha value is -0.730. The average Bonchev–Trinajstić information content (AvgIpc) is 2.98. The van der Waals surface area contributed by atoms with Gasteiger partial charge >= 0.3 is 6.16 Å². The molecule has 1 aliphatic rings. The van der Waals surface area contributed by atoms with E-state index in [9.17, 15) is 4.79 Å². The first-order valence-corrected chi connectivity index (χ1v) is 5.52. The molecule has 0 aromatic rings. The highest BCUT2D eigenvalue weighted by Gasteiger charge is 2.47. The van der Waals surface area contributed by atoms with E-state index in [0.717, 1.165) is 17.3 Å². The second-order valence-corrected chi connectivity index (χ2v) is 4.70. The zero-order valence-corrected chi connectivity index (χ0v) is 10.8. The fourth-order valence-corrected chi connectivity index (χ4v) is 2.05. The van der Waals surface area contributed by atoms with Gasteiger partial charge in [-0.25, -0.2) is 4.79 Å². The van der Waals surface area contributed by atoms with Gasteiger partial charge in [-0.15, -0.1) is 0 Å². The van der Waals surface area contributed by atoms with Gasteiger partial charge in [0, 0.05) is 0 Å². The summed E-state index contributed by atoms with van der Waals surface area (Å²) >= 11 is 0. The molecule has 0 aliphatic heterocycles. The van der Waals surface area contributed by atoms with Crippen LogP contribution in [-0.4, -0.2) is 20.4 Å². The number of ether oxygens (including phenoxy) is 2. The number of carbonyl (C=O) groups excluding carboxylic acids is 1. The molecule has 0 unspecified atom stereocenters. The van der Waals surface area contributed by atoms with Crippen LogP contribution in [0.25, 0.3) is 0 Å². The smallest absolute Gasteiger partial charge is 0.438 e. The minimum Gasteiger partial charge on any atom is -0.438 e. The highest BCUT2D eigenvalue weighted by molar-refractivity contribution is 5.59. The van der Waals surface area contributed by atoms with Crippen molar-refractivity contribution in [3.8, 4) is 0 Å². The highest BCUT2D eigenvalue weighted by atomic mass is 16.7. The van der Waals surface area contributed by atoms with E-state index in [2.05, 4.69) is 37.2 Å². The summed E-state index contributed by atoms with van der Waals surface area (Å²) in [5.41, 5.74) is 0.750. The van der Waals surface area contributed by atoms with Crippen molar-refractivity contribution in [3.05, 3.63) is 0 Å². The summed E-state index contributed by atoms with van der Waals surface area (Å²) in [7, 11) is 2.51. The Balaban J connectivity index is 0.000000288. The Morgan fingerprint density at radius 1 is 1.00 bits per heavy atom. The van der Waals surface area contributed by atoms with Gasteiger partial charge in [0.2, 0.25) is 0 Å². The van der Waals surface area contributed by atoms with Crippen LogP contribution < -0.4 is 0 Å². The van der Waals surface area contributed by atoms with Crippen LogP contribution in [0, 0.1) is 17.3 Å². The standard InChI is InChI=1S/C9H18.C3H6O3/c1-7(2)9(5-6-9)8(3)4;1-5-3(4)6-2/h7-8H,5-6H2,1-4H3;1-2H3. The SMILES string of the molecule is CC(C)C1(C(C)C)CC1.COC(=O)OC. The summed E-state index contributed by atoms with van der Waals surface area (Å²) in [4.78, 5) is 9.74.